The second-order valence-corrected chi connectivity index (χ2v) is 6.33. The van der Waals surface area contributed by atoms with E-state index in [1.807, 2.05) is 6.07 Å². The van der Waals surface area contributed by atoms with E-state index in [0.29, 0.717) is 39.7 Å². The van der Waals surface area contributed by atoms with Crippen molar-refractivity contribution >= 4 is 28.0 Å². The molecule has 144 valence electrons. The molecule has 0 radical (unpaired) electrons. The van der Waals surface area contributed by atoms with Crippen LogP contribution < -0.4 is 5.32 Å². The zero-order valence-corrected chi connectivity index (χ0v) is 15.0. The van der Waals surface area contributed by atoms with Gasteiger partial charge >= 0.3 is 0 Å². The maximum absolute atomic E-state index is 14.0. The Bertz CT molecular complexity index is 1300. The van der Waals surface area contributed by atoms with Crippen molar-refractivity contribution < 1.29 is 9.50 Å². The summed E-state index contributed by atoms with van der Waals surface area (Å²) in [6.07, 6.45) is 4.55. The summed E-state index contributed by atoms with van der Waals surface area (Å²) in [7, 11) is 0. The average molecular weight is 390 g/mol. The lowest BCUT2D eigenvalue weighted by atomic mass is 10.2. The Hall–Kier alpha value is -3.92. The second-order valence-electron chi connectivity index (χ2n) is 6.33. The molecule has 0 saturated heterocycles. The lowest BCUT2D eigenvalue weighted by Crippen LogP contribution is -2.20. The van der Waals surface area contributed by atoms with Crippen LogP contribution in [0.15, 0.2) is 55.2 Å². The maximum atomic E-state index is 14.0. The van der Waals surface area contributed by atoms with E-state index in [0.717, 1.165) is 0 Å². The molecule has 5 aromatic rings. The lowest BCUT2D eigenvalue weighted by Gasteiger charge is -2.18. The number of imidazole rings is 2. The Balaban J connectivity index is 1.67. The van der Waals surface area contributed by atoms with Gasteiger partial charge in [-0.1, -0.05) is 6.07 Å². The highest BCUT2D eigenvalue weighted by molar-refractivity contribution is 5.82. The Morgan fingerprint density at radius 3 is 2.90 bits per heavy atom. The Labute approximate surface area is 163 Å². The van der Waals surface area contributed by atoms with Gasteiger partial charge in [0, 0.05) is 12.3 Å². The van der Waals surface area contributed by atoms with Crippen LogP contribution in [-0.4, -0.2) is 46.2 Å². The number of rotatable bonds is 5. The topological polar surface area (TPSA) is 117 Å². The molecule has 0 aliphatic heterocycles. The van der Waals surface area contributed by atoms with Crippen LogP contribution in [0.3, 0.4) is 0 Å². The number of anilines is 1. The monoisotopic (exact) mass is 390 g/mol. The number of aliphatic hydroxyl groups excluding tert-OH is 1. The molecule has 0 aliphatic carbocycles. The van der Waals surface area contributed by atoms with Crippen LogP contribution in [0.4, 0.5) is 10.2 Å². The van der Waals surface area contributed by atoms with Crippen LogP contribution in [0.1, 0.15) is 11.9 Å². The van der Waals surface area contributed by atoms with Gasteiger partial charge in [0.1, 0.15) is 35.3 Å². The largest absolute Gasteiger partial charge is 0.394 e. The summed E-state index contributed by atoms with van der Waals surface area (Å²) in [6, 6.07) is 9.11. The van der Waals surface area contributed by atoms with Gasteiger partial charge in [0.25, 0.3) is 0 Å². The number of aromatic nitrogens is 7. The normalized spacial score (nSPS) is 12.5. The van der Waals surface area contributed by atoms with Crippen molar-refractivity contribution in [3.05, 3.63) is 66.9 Å². The van der Waals surface area contributed by atoms with Crippen molar-refractivity contribution in [2.45, 2.75) is 6.04 Å². The molecule has 0 unspecified atom stereocenters. The summed E-state index contributed by atoms with van der Waals surface area (Å²) in [4.78, 5) is 24.4. The first-order valence-electron chi connectivity index (χ1n) is 8.85. The third-order valence-electron chi connectivity index (χ3n) is 4.55. The van der Waals surface area contributed by atoms with Crippen LogP contribution in [0.25, 0.3) is 28.0 Å². The van der Waals surface area contributed by atoms with Crippen molar-refractivity contribution in [3.8, 4) is 5.82 Å². The highest BCUT2D eigenvalue weighted by atomic mass is 19.1. The molecule has 0 amide bonds. The van der Waals surface area contributed by atoms with E-state index >= 15 is 0 Å². The number of aliphatic hydroxyl groups is 1. The number of nitrogens with zero attached hydrogens (tertiary/aromatic N) is 6. The molecule has 0 aliphatic rings. The Morgan fingerprint density at radius 1 is 1.14 bits per heavy atom. The number of aromatic amines is 1. The number of halogens is 1. The minimum atomic E-state index is -0.645. The van der Waals surface area contributed by atoms with Gasteiger partial charge in [-0.3, -0.25) is 4.57 Å². The predicted octanol–water partition coefficient (Wildman–Crippen LogP) is 2.37. The molecule has 0 saturated carbocycles. The van der Waals surface area contributed by atoms with Gasteiger partial charge in [0.2, 0.25) is 0 Å². The van der Waals surface area contributed by atoms with Gasteiger partial charge in [-0.2, -0.15) is 0 Å². The second kappa shape index (κ2) is 6.91. The van der Waals surface area contributed by atoms with Crippen molar-refractivity contribution in [1.29, 1.82) is 0 Å². The van der Waals surface area contributed by atoms with E-state index in [1.165, 1.54) is 24.8 Å². The molecule has 1 atom stereocenters. The van der Waals surface area contributed by atoms with Gasteiger partial charge < -0.3 is 15.4 Å². The summed E-state index contributed by atoms with van der Waals surface area (Å²) in [5, 5.41) is 13.3. The fourth-order valence-corrected chi connectivity index (χ4v) is 3.26. The first kappa shape index (κ1) is 17.2. The number of H-pyrrole nitrogens is 1. The third-order valence-corrected chi connectivity index (χ3v) is 4.55. The summed E-state index contributed by atoms with van der Waals surface area (Å²) < 4.78 is 15.7. The van der Waals surface area contributed by atoms with E-state index in [9.17, 15) is 9.50 Å². The van der Waals surface area contributed by atoms with Crippen LogP contribution in [0.5, 0.6) is 0 Å². The number of nitrogens with one attached hydrogen (secondary N) is 2. The number of hydrogen-bond acceptors (Lipinski definition) is 7. The maximum Gasteiger partial charge on any atom is 0.182 e. The summed E-state index contributed by atoms with van der Waals surface area (Å²) in [6.45, 7) is -0.279. The number of pyridine rings is 1. The smallest absolute Gasteiger partial charge is 0.182 e. The van der Waals surface area contributed by atoms with Crippen LogP contribution in [0.2, 0.25) is 0 Å². The molecule has 3 N–H and O–H groups in total. The number of fused-ring (bicyclic) bond motifs is 2. The highest BCUT2D eigenvalue weighted by Crippen LogP contribution is 2.28. The summed E-state index contributed by atoms with van der Waals surface area (Å²) in [5.74, 6) is 1.12. The lowest BCUT2D eigenvalue weighted by molar-refractivity contribution is 0.271. The molecule has 4 heterocycles. The molecule has 1 aromatic carbocycles. The molecule has 0 fully saturated rings. The molecule has 4 aromatic heterocycles. The molecule has 0 spiro atoms. The van der Waals surface area contributed by atoms with Crippen LogP contribution >= 0.6 is 0 Å². The summed E-state index contributed by atoms with van der Waals surface area (Å²) in [5.41, 5.74) is 2.24. The number of hydrogen-bond donors (Lipinski definition) is 3. The predicted molar refractivity (Wildman–Crippen MR) is 104 cm³/mol. The first-order valence-corrected chi connectivity index (χ1v) is 8.85. The van der Waals surface area contributed by atoms with Crippen LogP contribution in [0, 0.1) is 5.82 Å². The van der Waals surface area contributed by atoms with E-state index < -0.39 is 6.04 Å². The van der Waals surface area contributed by atoms with E-state index in [-0.39, 0.29) is 12.4 Å². The quantitative estimate of drug-likeness (QED) is 0.422. The SMILES string of the molecule is OC[C@H](Nc1ncnc2nc[nH]c12)c1nc2ccc(F)cc2n1-c1ccccn1. The number of benzene rings is 1. The molecule has 0 bridgehead atoms. The van der Waals surface area contributed by atoms with Gasteiger partial charge in [-0.05, 0) is 24.3 Å². The average Bonchev–Trinajstić information content (AvgIpc) is 3.37. The van der Waals surface area contributed by atoms with Gasteiger partial charge in [0.05, 0.1) is 24.0 Å². The highest BCUT2D eigenvalue weighted by Gasteiger charge is 2.23. The zero-order chi connectivity index (χ0) is 19.8. The minimum absolute atomic E-state index is 0.279. The standard InChI is InChI=1S/C19H15FN8O/c20-11-4-5-12-14(7-11)28(15-3-1-2-6-21-15)19(27-12)13(8-29)26-18-16-17(23-9-22-16)24-10-25-18/h1-7,9-10,13,29H,8H2,(H2,22,23,24,25,26)/t13-/m0/s1. The molecule has 29 heavy (non-hydrogen) atoms. The molecular weight excluding hydrogens is 375 g/mol. The zero-order valence-electron chi connectivity index (χ0n) is 15.0. The Kier molecular flexibility index (Phi) is 4.10. The fourth-order valence-electron chi connectivity index (χ4n) is 3.26. The van der Waals surface area contributed by atoms with Gasteiger partial charge in [-0.25, -0.2) is 29.3 Å². The minimum Gasteiger partial charge on any atom is -0.394 e. The first-order chi connectivity index (χ1) is 14.2. The molecule has 5 rings (SSSR count). The van der Waals surface area contributed by atoms with Gasteiger partial charge in [0.15, 0.2) is 11.5 Å². The summed E-state index contributed by atoms with van der Waals surface area (Å²) >= 11 is 0. The molecule has 9 nitrogen and oxygen atoms in total. The van der Waals surface area contributed by atoms with Crippen molar-refractivity contribution in [3.63, 3.8) is 0 Å². The van der Waals surface area contributed by atoms with Gasteiger partial charge in [-0.15, -0.1) is 0 Å². The third kappa shape index (κ3) is 2.95. The van der Waals surface area contributed by atoms with Crippen molar-refractivity contribution in [1.82, 2.24) is 34.5 Å². The van der Waals surface area contributed by atoms with Crippen molar-refractivity contribution in [2.75, 3.05) is 11.9 Å². The van der Waals surface area contributed by atoms with E-state index in [1.54, 1.807) is 29.0 Å². The fraction of sp³-hybridized carbons (Fsp3) is 0.105. The van der Waals surface area contributed by atoms with Crippen molar-refractivity contribution in [2.24, 2.45) is 0 Å². The van der Waals surface area contributed by atoms with Crippen LogP contribution in [-0.2, 0) is 0 Å². The Morgan fingerprint density at radius 2 is 2.07 bits per heavy atom. The van der Waals surface area contributed by atoms with E-state index in [2.05, 4.69) is 35.2 Å². The molecular formula is C19H15FN8O. The van der Waals surface area contributed by atoms with E-state index in [4.69, 9.17) is 0 Å². The molecule has 10 heteroatoms.